The highest BCUT2D eigenvalue weighted by Gasteiger charge is 2.32. The highest BCUT2D eigenvalue weighted by Crippen LogP contribution is 2.27. The van der Waals surface area contributed by atoms with E-state index in [1.54, 1.807) is 0 Å². The second kappa shape index (κ2) is 5.24. The van der Waals surface area contributed by atoms with Gasteiger partial charge in [-0.1, -0.05) is 0 Å². The lowest BCUT2D eigenvalue weighted by Crippen LogP contribution is -2.52. The van der Waals surface area contributed by atoms with Crippen molar-refractivity contribution >= 4 is 26.0 Å². The standard InChI is InChI=1S/C11H14BrFN2O2S/c1-8-7-14-4-5-15(8)18(16,17)11-3-2-9(13)6-10(11)12/h2-3,6,8,14H,4-5,7H2,1H3/t8-/m1/s1. The number of halogens is 2. The third-order valence-corrected chi connectivity index (χ3v) is 5.91. The average molecular weight is 337 g/mol. The first kappa shape index (κ1) is 13.9. The molecule has 0 unspecified atom stereocenters. The summed E-state index contributed by atoms with van der Waals surface area (Å²) in [5.41, 5.74) is 0. The molecule has 0 spiro atoms. The quantitative estimate of drug-likeness (QED) is 0.891. The third-order valence-electron chi connectivity index (χ3n) is 2.92. The van der Waals surface area contributed by atoms with E-state index in [2.05, 4.69) is 21.2 Å². The number of piperazine rings is 1. The molecule has 1 aromatic carbocycles. The molecule has 1 aliphatic heterocycles. The van der Waals surface area contributed by atoms with Gasteiger partial charge in [0.1, 0.15) is 5.82 Å². The van der Waals surface area contributed by atoms with Crippen molar-refractivity contribution in [2.45, 2.75) is 17.9 Å². The van der Waals surface area contributed by atoms with Gasteiger partial charge in [0.2, 0.25) is 10.0 Å². The summed E-state index contributed by atoms with van der Waals surface area (Å²) in [6.07, 6.45) is 0. The Morgan fingerprint density at radius 2 is 2.22 bits per heavy atom. The summed E-state index contributed by atoms with van der Waals surface area (Å²) in [5, 5.41) is 3.13. The molecule has 1 aliphatic rings. The normalized spacial score (nSPS) is 22.1. The lowest BCUT2D eigenvalue weighted by molar-refractivity contribution is 0.283. The Morgan fingerprint density at radius 1 is 1.50 bits per heavy atom. The molecule has 0 aliphatic carbocycles. The van der Waals surface area contributed by atoms with Gasteiger partial charge >= 0.3 is 0 Å². The Bertz CT molecular complexity index is 550. The SMILES string of the molecule is C[C@@H]1CNCCN1S(=O)(=O)c1ccc(F)cc1Br. The van der Waals surface area contributed by atoms with Gasteiger partial charge in [-0.2, -0.15) is 4.31 Å². The predicted octanol–water partition coefficient (Wildman–Crippen LogP) is 1.57. The second-order valence-corrected chi connectivity index (χ2v) is 6.96. The minimum absolute atomic E-state index is 0.109. The van der Waals surface area contributed by atoms with Crippen LogP contribution in [0.25, 0.3) is 0 Å². The van der Waals surface area contributed by atoms with E-state index < -0.39 is 15.8 Å². The fourth-order valence-electron chi connectivity index (χ4n) is 1.99. The van der Waals surface area contributed by atoms with Gasteiger partial charge in [-0.15, -0.1) is 0 Å². The fraction of sp³-hybridized carbons (Fsp3) is 0.455. The molecule has 18 heavy (non-hydrogen) atoms. The summed E-state index contributed by atoms with van der Waals surface area (Å²) in [5.74, 6) is -0.464. The van der Waals surface area contributed by atoms with Crippen LogP contribution in [0.15, 0.2) is 27.6 Å². The highest BCUT2D eigenvalue weighted by molar-refractivity contribution is 9.10. The molecule has 1 atom stereocenters. The minimum Gasteiger partial charge on any atom is -0.314 e. The zero-order valence-corrected chi connectivity index (χ0v) is 12.3. The van der Waals surface area contributed by atoms with Crippen LogP contribution in [0.1, 0.15) is 6.92 Å². The van der Waals surface area contributed by atoms with Crippen molar-refractivity contribution in [2.75, 3.05) is 19.6 Å². The maximum Gasteiger partial charge on any atom is 0.244 e. The average Bonchev–Trinajstić information content (AvgIpc) is 2.28. The van der Waals surface area contributed by atoms with Crippen molar-refractivity contribution in [2.24, 2.45) is 0 Å². The molecule has 4 nitrogen and oxygen atoms in total. The molecule has 1 saturated heterocycles. The maximum absolute atomic E-state index is 13.0. The summed E-state index contributed by atoms with van der Waals surface area (Å²) in [7, 11) is -3.58. The Kier molecular flexibility index (Phi) is 4.05. The molecular weight excluding hydrogens is 323 g/mol. The predicted molar refractivity (Wildman–Crippen MR) is 70.3 cm³/mol. The molecule has 0 aromatic heterocycles. The van der Waals surface area contributed by atoms with Crippen LogP contribution in [0.3, 0.4) is 0 Å². The summed E-state index contributed by atoms with van der Waals surface area (Å²) >= 11 is 3.11. The molecule has 1 aromatic rings. The monoisotopic (exact) mass is 336 g/mol. The zero-order valence-electron chi connectivity index (χ0n) is 9.86. The first-order chi connectivity index (χ1) is 8.43. The van der Waals surface area contributed by atoms with Crippen LogP contribution in [-0.2, 0) is 10.0 Å². The van der Waals surface area contributed by atoms with E-state index in [0.29, 0.717) is 19.6 Å². The molecule has 7 heteroatoms. The molecule has 2 rings (SSSR count). The van der Waals surface area contributed by atoms with Gasteiger partial charge < -0.3 is 5.32 Å². The van der Waals surface area contributed by atoms with Gasteiger partial charge in [0.25, 0.3) is 0 Å². The Hall–Kier alpha value is -0.500. The molecule has 0 amide bonds. The van der Waals surface area contributed by atoms with Gasteiger partial charge in [0, 0.05) is 30.1 Å². The van der Waals surface area contributed by atoms with Crippen LogP contribution in [-0.4, -0.2) is 38.4 Å². The van der Waals surface area contributed by atoms with Gasteiger partial charge in [0.15, 0.2) is 0 Å². The number of benzene rings is 1. The molecule has 0 saturated carbocycles. The van der Waals surface area contributed by atoms with E-state index in [1.807, 2.05) is 6.92 Å². The molecule has 0 bridgehead atoms. The number of hydrogen-bond donors (Lipinski definition) is 1. The summed E-state index contributed by atoms with van der Waals surface area (Å²) in [6.45, 7) is 3.52. The van der Waals surface area contributed by atoms with Crippen LogP contribution < -0.4 is 5.32 Å². The molecule has 1 heterocycles. The first-order valence-electron chi connectivity index (χ1n) is 5.60. The van der Waals surface area contributed by atoms with E-state index in [-0.39, 0.29) is 15.4 Å². The number of nitrogens with one attached hydrogen (secondary N) is 1. The van der Waals surface area contributed by atoms with Gasteiger partial charge in [-0.3, -0.25) is 0 Å². The Balaban J connectivity index is 2.41. The molecule has 100 valence electrons. The maximum atomic E-state index is 13.0. The van der Waals surface area contributed by atoms with Crippen LogP contribution >= 0.6 is 15.9 Å². The van der Waals surface area contributed by atoms with E-state index in [0.717, 1.165) is 6.07 Å². The van der Waals surface area contributed by atoms with Crippen LogP contribution in [0.5, 0.6) is 0 Å². The van der Waals surface area contributed by atoms with Crippen molar-refractivity contribution in [3.8, 4) is 0 Å². The van der Waals surface area contributed by atoms with E-state index in [4.69, 9.17) is 0 Å². The van der Waals surface area contributed by atoms with E-state index in [9.17, 15) is 12.8 Å². The van der Waals surface area contributed by atoms with Crippen molar-refractivity contribution in [1.29, 1.82) is 0 Å². The highest BCUT2D eigenvalue weighted by atomic mass is 79.9. The van der Waals surface area contributed by atoms with Gasteiger partial charge in [-0.25, -0.2) is 12.8 Å². The molecule has 1 fully saturated rings. The molecule has 0 radical (unpaired) electrons. The van der Waals surface area contributed by atoms with Gasteiger partial charge in [-0.05, 0) is 41.1 Å². The van der Waals surface area contributed by atoms with Crippen LogP contribution in [0.2, 0.25) is 0 Å². The minimum atomic E-state index is -3.58. The lowest BCUT2D eigenvalue weighted by Gasteiger charge is -2.33. The van der Waals surface area contributed by atoms with Crippen LogP contribution in [0, 0.1) is 5.82 Å². The molecular formula is C11H14BrFN2O2S. The van der Waals surface area contributed by atoms with Crippen molar-refractivity contribution in [1.82, 2.24) is 9.62 Å². The number of sulfonamides is 1. The number of rotatable bonds is 2. The number of hydrogen-bond acceptors (Lipinski definition) is 3. The summed E-state index contributed by atoms with van der Waals surface area (Å²) in [4.78, 5) is 0.109. The second-order valence-electron chi connectivity index (χ2n) is 4.24. The van der Waals surface area contributed by atoms with Crippen molar-refractivity contribution in [3.63, 3.8) is 0 Å². The van der Waals surface area contributed by atoms with E-state index in [1.165, 1.54) is 16.4 Å². The van der Waals surface area contributed by atoms with Gasteiger partial charge in [0.05, 0.1) is 4.90 Å². The smallest absolute Gasteiger partial charge is 0.244 e. The summed E-state index contributed by atoms with van der Waals surface area (Å²) < 4.78 is 39.7. The lowest BCUT2D eigenvalue weighted by atomic mass is 10.3. The van der Waals surface area contributed by atoms with E-state index >= 15 is 0 Å². The van der Waals surface area contributed by atoms with Crippen molar-refractivity contribution in [3.05, 3.63) is 28.5 Å². The fourth-order valence-corrected chi connectivity index (χ4v) is 4.63. The van der Waals surface area contributed by atoms with Crippen LogP contribution in [0.4, 0.5) is 4.39 Å². The van der Waals surface area contributed by atoms with Crippen molar-refractivity contribution < 1.29 is 12.8 Å². The Morgan fingerprint density at radius 3 is 2.83 bits per heavy atom. The zero-order chi connectivity index (χ0) is 13.3. The largest absolute Gasteiger partial charge is 0.314 e. The first-order valence-corrected chi connectivity index (χ1v) is 7.84. The molecule has 1 N–H and O–H groups in total. The topological polar surface area (TPSA) is 49.4 Å². The summed E-state index contributed by atoms with van der Waals surface area (Å²) in [6, 6.07) is 3.51. The third kappa shape index (κ3) is 2.59. The Labute approximate surface area is 114 Å². The number of nitrogens with zero attached hydrogens (tertiary/aromatic N) is 1.